The van der Waals surface area contributed by atoms with E-state index in [2.05, 4.69) is 24.4 Å². The molecule has 1 aromatic rings. The lowest BCUT2D eigenvalue weighted by Crippen LogP contribution is -2.24. The zero-order valence-electron chi connectivity index (χ0n) is 8.74. The summed E-state index contributed by atoms with van der Waals surface area (Å²) in [5.74, 6) is 0. The molecule has 0 aliphatic rings. The molecule has 14 heavy (non-hydrogen) atoms. The maximum Gasteiger partial charge on any atom is 0.0697 e. The summed E-state index contributed by atoms with van der Waals surface area (Å²) < 4.78 is 5.69. The quantitative estimate of drug-likeness (QED) is 0.755. The molecule has 3 heteroatoms. The highest BCUT2D eigenvalue weighted by Gasteiger charge is 2.04. The van der Waals surface area contributed by atoms with Gasteiger partial charge in [-0.15, -0.1) is 11.3 Å². The highest BCUT2D eigenvalue weighted by atomic mass is 32.1. The SMILES string of the molecule is CCCC(CN)OCCc1cccs1. The van der Waals surface area contributed by atoms with Gasteiger partial charge in [0.05, 0.1) is 12.7 Å². The third-order valence-electron chi connectivity index (χ3n) is 2.16. The molecule has 0 radical (unpaired) electrons. The Morgan fingerprint density at radius 2 is 2.43 bits per heavy atom. The lowest BCUT2D eigenvalue weighted by molar-refractivity contribution is 0.0554. The monoisotopic (exact) mass is 213 g/mol. The minimum atomic E-state index is 0.250. The number of thiophene rings is 1. The van der Waals surface area contributed by atoms with Crippen LogP contribution in [0.1, 0.15) is 24.6 Å². The summed E-state index contributed by atoms with van der Waals surface area (Å²) in [6.45, 7) is 3.59. The summed E-state index contributed by atoms with van der Waals surface area (Å²) in [7, 11) is 0. The molecular weight excluding hydrogens is 194 g/mol. The molecular formula is C11H19NOS. The van der Waals surface area contributed by atoms with Crippen LogP contribution in [0, 0.1) is 0 Å². The van der Waals surface area contributed by atoms with Gasteiger partial charge in [-0.2, -0.15) is 0 Å². The summed E-state index contributed by atoms with van der Waals surface area (Å²) in [5, 5.41) is 2.10. The smallest absolute Gasteiger partial charge is 0.0697 e. The number of ether oxygens (including phenoxy) is 1. The van der Waals surface area contributed by atoms with E-state index in [-0.39, 0.29) is 6.10 Å². The number of hydrogen-bond donors (Lipinski definition) is 1. The first kappa shape index (κ1) is 11.7. The number of hydrogen-bond acceptors (Lipinski definition) is 3. The van der Waals surface area contributed by atoms with Crippen LogP contribution >= 0.6 is 11.3 Å². The van der Waals surface area contributed by atoms with Gasteiger partial charge in [-0.1, -0.05) is 19.4 Å². The molecule has 0 saturated carbocycles. The Kier molecular flexibility index (Phi) is 5.83. The predicted octanol–water partition coefficient (Wildman–Crippen LogP) is 2.43. The van der Waals surface area contributed by atoms with Gasteiger partial charge in [0.25, 0.3) is 0 Å². The molecule has 1 heterocycles. The van der Waals surface area contributed by atoms with E-state index >= 15 is 0 Å². The van der Waals surface area contributed by atoms with Gasteiger partial charge in [0.1, 0.15) is 0 Å². The van der Waals surface area contributed by atoms with Crippen molar-refractivity contribution < 1.29 is 4.74 Å². The summed E-state index contributed by atoms with van der Waals surface area (Å²) in [6, 6.07) is 4.22. The van der Waals surface area contributed by atoms with Gasteiger partial charge in [0.15, 0.2) is 0 Å². The van der Waals surface area contributed by atoms with E-state index in [4.69, 9.17) is 10.5 Å². The van der Waals surface area contributed by atoms with E-state index in [0.717, 1.165) is 25.9 Å². The van der Waals surface area contributed by atoms with Crippen molar-refractivity contribution in [2.45, 2.75) is 32.3 Å². The second-order valence-electron chi connectivity index (χ2n) is 3.35. The molecule has 2 nitrogen and oxygen atoms in total. The fraction of sp³-hybridized carbons (Fsp3) is 0.636. The third kappa shape index (κ3) is 4.22. The molecule has 1 atom stereocenters. The van der Waals surface area contributed by atoms with Crippen molar-refractivity contribution in [3.8, 4) is 0 Å². The minimum Gasteiger partial charge on any atom is -0.377 e. The van der Waals surface area contributed by atoms with E-state index in [9.17, 15) is 0 Å². The number of nitrogens with two attached hydrogens (primary N) is 1. The standard InChI is InChI=1S/C11H19NOS/c1-2-4-10(9-12)13-7-6-11-5-3-8-14-11/h3,5,8,10H,2,4,6-7,9,12H2,1H3. The van der Waals surface area contributed by atoms with Crippen molar-refractivity contribution >= 4 is 11.3 Å². The molecule has 1 aromatic heterocycles. The minimum absolute atomic E-state index is 0.250. The van der Waals surface area contributed by atoms with Crippen molar-refractivity contribution in [2.24, 2.45) is 5.73 Å². The van der Waals surface area contributed by atoms with Gasteiger partial charge < -0.3 is 10.5 Å². The summed E-state index contributed by atoms with van der Waals surface area (Å²) in [6.07, 6.45) is 3.47. The van der Waals surface area contributed by atoms with Crippen LogP contribution in [-0.4, -0.2) is 19.3 Å². The van der Waals surface area contributed by atoms with Crippen LogP contribution in [0.2, 0.25) is 0 Å². The van der Waals surface area contributed by atoms with Crippen LogP contribution < -0.4 is 5.73 Å². The van der Waals surface area contributed by atoms with Crippen molar-refractivity contribution in [3.05, 3.63) is 22.4 Å². The molecule has 0 aromatic carbocycles. The Hall–Kier alpha value is -0.380. The average Bonchev–Trinajstić information content (AvgIpc) is 2.69. The topological polar surface area (TPSA) is 35.2 Å². The Morgan fingerprint density at radius 3 is 3.00 bits per heavy atom. The summed E-state index contributed by atoms with van der Waals surface area (Å²) in [4.78, 5) is 1.39. The Balaban J connectivity index is 2.13. The second-order valence-corrected chi connectivity index (χ2v) is 4.38. The summed E-state index contributed by atoms with van der Waals surface area (Å²) in [5.41, 5.74) is 5.60. The molecule has 1 unspecified atom stereocenters. The predicted molar refractivity (Wildman–Crippen MR) is 61.7 cm³/mol. The largest absolute Gasteiger partial charge is 0.377 e. The molecule has 0 spiro atoms. The zero-order chi connectivity index (χ0) is 10.2. The Bertz CT molecular complexity index is 223. The number of rotatable bonds is 7. The molecule has 0 aliphatic carbocycles. The molecule has 1 rings (SSSR count). The fourth-order valence-electron chi connectivity index (χ4n) is 1.37. The van der Waals surface area contributed by atoms with Crippen molar-refractivity contribution in [1.29, 1.82) is 0 Å². The van der Waals surface area contributed by atoms with Gasteiger partial charge in [-0.05, 0) is 17.9 Å². The highest BCUT2D eigenvalue weighted by molar-refractivity contribution is 7.09. The van der Waals surface area contributed by atoms with Crippen molar-refractivity contribution in [3.63, 3.8) is 0 Å². The van der Waals surface area contributed by atoms with Gasteiger partial charge in [0, 0.05) is 17.8 Å². The normalized spacial score (nSPS) is 13.0. The van der Waals surface area contributed by atoms with Crippen LogP contribution in [0.5, 0.6) is 0 Å². The van der Waals surface area contributed by atoms with E-state index < -0.39 is 0 Å². The lowest BCUT2D eigenvalue weighted by atomic mass is 10.2. The molecule has 0 bridgehead atoms. The van der Waals surface area contributed by atoms with Crippen LogP contribution in [0.4, 0.5) is 0 Å². The third-order valence-corrected chi connectivity index (χ3v) is 3.09. The van der Waals surface area contributed by atoms with Crippen LogP contribution in [0.3, 0.4) is 0 Å². The Morgan fingerprint density at radius 1 is 1.57 bits per heavy atom. The first-order valence-electron chi connectivity index (χ1n) is 5.20. The molecule has 0 fully saturated rings. The highest BCUT2D eigenvalue weighted by Crippen LogP contribution is 2.10. The fourth-order valence-corrected chi connectivity index (χ4v) is 2.06. The van der Waals surface area contributed by atoms with Crippen molar-refractivity contribution in [2.75, 3.05) is 13.2 Å². The lowest BCUT2D eigenvalue weighted by Gasteiger charge is -2.14. The molecule has 0 saturated heterocycles. The van der Waals surface area contributed by atoms with E-state index in [1.165, 1.54) is 4.88 Å². The van der Waals surface area contributed by atoms with E-state index in [0.29, 0.717) is 6.54 Å². The van der Waals surface area contributed by atoms with Crippen LogP contribution in [-0.2, 0) is 11.2 Å². The first-order chi connectivity index (χ1) is 6.86. The first-order valence-corrected chi connectivity index (χ1v) is 6.08. The van der Waals surface area contributed by atoms with Gasteiger partial charge >= 0.3 is 0 Å². The second kappa shape index (κ2) is 6.98. The van der Waals surface area contributed by atoms with Gasteiger partial charge in [-0.3, -0.25) is 0 Å². The summed E-state index contributed by atoms with van der Waals surface area (Å²) >= 11 is 1.78. The van der Waals surface area contributed by atoms with Crippen LogP contribution in [0.25, 0.3) is 0 Å². The Labute approximate surface area is 90.1 Å². The molecule has 80 valence electrons. The molecule has 0 amide bonds. The van der Waals surface area contributed by atoms with Gasteiger partial charge in [-0.25, -0.2) is 0 Å². The molecule has 0 aliphatic heterocycles. The van der Waals surface area contributed by atoms with Gasteiger partial charge in [0.2, 0.25) is 0 Å². The van der Waals surface area contributed by atoms with E-state index in [1.807, 2.05) is 0 Å². The van der Waals surface area contributed by atoms with Crippen molar-refractivity contribution in [1.82, 2.24) is 0 Å². The maximum atomic E-state index is 5.69. The molecule has 2 N–H and O–H groups in total. The maximum absolute atomic E-state index is 5.69. The zero-order valence-corrected chi connectivity index (χ0v) is 9.56. The van der Waals surface area contributed by atoms with E-state index in [1.54, 1.807) is 11.3 Å². The average molecular weight is 213 g/mol. The van der Waals surface area contributed by atoms with Crippen LogP contribution in [0.15, 0.2) is 17.5 Å².